The lowest BCUT2D eigenvalue weighted by molar-refractivity contribution is -0.140. The summed E-state index contributed by atoms with van der Waals surface area (Å²) >= 11 is 0. The zero-order chi connectivity index (χ0) is 22.2. The molecule has 3 N–H and O–H groups in total. The van der Waals surface area contributed by atoms with E-state index in [1.165, 1.54) is 28.8 Å². The molecule has 0 amide bonds. The Kier molecular flexibility index (Phi) is 5.09. The molecule has 0 saturated heterocycles. The Morgan fingerprint density at radius 3 is 2.48 bits per heavy atom. The fourth-order valence-electron chi connectivity index (χ4n) is 3.24. The number of nitrogens with one attached hydrogen (secondary N) is 1. The lowest BCUT2D eigenvalue weighted by atomic mass is 10.1. The lowest BCUT2D eigenvalue weighted by Crippen LogP contribution is -2.09. The van der Waals surface area contributed by atoms with E-state index < -0.39 is 11.9 Å². The molecule has 1 aromatic carbocycles. The minimum atomic E-state index is -4.69. The van der Waals surface area contributed by atoms with E-state index >= 15 is 0 Å². The molecule has 0 spiro atoms. The van der Waals surface area contributed by atoms with Gasteiger partial charge in [0.1, 0.15) is 17.2 Å². The molecular formula is C22H17F3N6. The molecule has 0 saturated carbocycles. The molecule has 4 aromatic rings. The molecule has 4 rings (SSSR count). The number of hydrogen-bond acceptors (Lipinski definition) is 5. The number of alkyl halides is 3. The summed E-state index contributed by atoms with van der Waals surface area (Å²) in [6, 6.07) is 16.6. The Morgan fingerprint density at radius 1 is 1.10 bits per heavy atom. The number of imidazole rings is 1. The number of rotatable bonds is 4. The minimum Gasteiger partial charge on any atom is -0.340 e. The van der Waals surface area contributed by atoms with Crippen molar-refractivity contribution in [1.29, 1.82) is 5.26 Å². The standard InChI is InChI=1S/C22H17F3N6/c1-13(27)15-5-7-16(8-6-15)28-18-11-14(12-26)10-17(29-18)20-21(22(23,24)25)30-19-4-2-3-9-31(19)20/h2-11,13H,27H2,1H3,(H,28,29). The molecule has 0 aliphatic heterocycles. The van der Waals surface area contributed by atoms with Gasteiger partial charge in [-0.1, -0.05) is 18.2 Å². The SMILES string of the molecule is CC(N)c1ccc(Nc2cc(C#N)cc(-c3c(C(F)(F)F)nc4ccccn34)n2)cc1. The first-order chi connectivity index (χ1) is 14.8. The number of anilines is 2. The number of hydrogen-bond donors (Lipinski definition) is 2. The Bertz CT molecular complexity index is 1280. The third kappa shape index (κ3) is 4.06. The average molecular weight is 422 g/mol. The molecule has 0 bridgehead atoms. The average Bonchev–Trinajstić information content (AvgIpc) is 3.14. The first kappa shape index (κ1) is 20.4. The molecule has 1 atom stereocenters. The number of benzene rings is 1. The Labute approximate surface area is 175 Å². The van der Waals surface area contributed by atoms with Crippen molar-refractivity contribution in [3.8, 4) is 17.5 Å². The van der Waals surface area contributed by atoms with Crippen LogP contribution < -0.4 is 11.1 Å². The van der Waals surface area contributed by atoms with E-state index in [-0.39, 0.29) is 34.5 Å². The molecule has 0 aliphatic carbocycles. The van der Waals surface area contributed by atoms with Gasteiger partial charge in [0.05, 0.1) is 17.3 Å². The van der Waals surface area contributed by atoms with Crippen LogP contribution in [-0.4, -0.2) is 14.4 Å². The molecule has 156 valence electrons. The molecule has 31 heavy (non-hydrogen) atoms. The van der Waals surface area contributed by atoms with Crippen LogP contribution >= 0.6 is 0 Å². The number of nitrogens with two attached hydrogens (primary N) is 1. The predicted octanol–water partition coefficient (Wildman–Crippen LogP) is 5.05. The number of halogens is 3. The molecule has 1 unspecified atom stereocenters. The van der Waals surface area contributed by atoms with Crippen molar-refractivity contribution in [2.45, 2.75) is 19.1 Å². The number of nitrogens with zero attached hydrogens (tertiary/aromatic N) is 4. The van der Waals surface area contributed by atoms with Gasteiger partial charge in [0, 0.05) is 17.9 Å². The van der Waals surface area contributed by atoms with Crippen LogP contribution in [0.1, 0.15) is 29.8 Å². The van der Waals surface area contributed by atoms with Crippen LogP contribution in [0, 0.1) is 11.3 Å². The first-order valence-electron chi connectivity index (χ1n) is 9.35. The van der Waals surface area contributed by atoms with Crippen LogP contribution in [0.2, 0.25) is 0 Å². The second-order valence-corrected chi connectivity index (χ2v) is 7.01. The topological polar surface area (TPSA) is 92.0 Å². The summed E-state index contributed by atoms with van der Waals surface area (Å²) in [6.07, 6.45) is -3.21. The van der Waals surface area contributed by atoms with Gasteiger partial charge in [-0.3, -0.25) is 4.40 Å². The van der Waals surface area contributed by atoms with E-state index in [1.807, 2.05) is 25.1 Å². The van der Waals surface area contributed by atoms with Crippen LogP contribution in [0.25, 0.3) is 17.0 Å². The minimum absolute atomic E-state index is 0.0141. The number of fused-ring (bicyclic) bond motifs is 1. The Balaban J connectivity index is 1.83. The Morgan fingerprint density at radius 2 is 1.84 bits per heavy atom. The summed E-state index contributed by atoms with van der Waals surface area (Å²) in [5.41, 5.74) is 6.45. The van der Waals surface area contributed by atoms with E-state index in [9.17, 15) is 18.4 Å². The van der Waals surface area contributed by atoms with Crippen LogP contribution in [0.3, 0.4) is 0 Å². The van der Waals surface area contributed by atoms with E-state index in [4.69, 9.17) is 5.73 Å². The molecule has 3 heterocycles. The van der Waals surface area contributed by atoms with Crippen molar-refractivity contribution in [2.24, 2.45) is 5.73 Å². The first-order valence-corrected chi connectivity index (χ1v) is 9.35. The maximum absolute atomic E-state index is 13.7. The van der Waals surface area contributed by atoms with Gasteiger partial charge >= 0.3 is 6.18 Å². The van der Waals surface area contributed by atoms with Crippen molar-refractivity contribution in [1.82, 2.24) is 14.4 Å². The molecule has 3 aromatic heterocycles. The van der Waals surface area contributed by atoms with E-state index in [2.05, 4.69) is 15.3 Å². The molecular weight excluding hydrogens is 405 g/mol. The summed E-state index contributed by atoms with van der Waals surface area (Å²) in [5, 5.41) is 12.5. The van der Waals surface area contributed by atoms with Gasteiger partial charge in [-0.15, -0.1) is 0 Å². The fraction of sp³-hybridized carbons (Fsp3) is 0.136. The van der Waals surface area contributed by atoms with Gasteiger partial charge < -0.3 is 11.1 Å². The van der Waals surface area contributed by atoms with Crippen molar-refractivity contribution in [3.63, 3.8) is 0 Å². The fourth-order valence-corrected chi connectivity index (χ4v) is 3.24. The highest BCUT2D eigenvalue weighted by molar-refractivity contribution is 5.69. The second-order valence-electron chi connectivity index (χ2n) is 7.01. The quantitative estimate of drug-likeness (QED) is 0.480. The summed E-state index contributed by atoms with van der Waals surface area (Å²) < 4.78 is 42.4. The maximum atomic E-state index is 13.7. The van der Waals surface area contributed by atoms with Crippen LogP contribution in [0.5, 0.6) is 0 Å². The molecule has 0 radical (unpaired) electrons. The highest BCUT2D eigenvalue weighted by Gasteiger charge is 2.38. The molecule has 0 aliphatic rings. The molecule has 6 nitrogen and oxygen atoms in total. The van der Waals surface area contributed by atoms with Crippen molar-refractivity contribution >= 4 is 17.2 Å². The van der Waals surface area contributed by atoms with Crippen LogP contribution in [-0.2, 0) is 6.18 Å². The summed E-state index contributed by atoms with van der Waals surface area (Å²) in [7, 11) is 0. The van der Waals surface area contributed by atoms with Gasteiger partial charge in [-0.2, -0.15) is 18.4 Å². The van der Waals surface area contributed by atoms with Gasteiger partial charge in [0.15, 0.2) is 5.69 Å². The summed E-state index contributed by atoms with van der Waals surface area (Å²) in [5.74, 6) is 0.238. The monoisotopic (exact) mass is 422 g/mol. The van der Waals surface area contributed by atoms with Crippen molar-refractivity contribution in [2.75, 3.05) is 5.32 Å². The third-order valence-electron chi connectivity index (χ3n) is 4.70. The molecule has 0 fully saturated rings. The summed E-state index contributed by atoms with van der Waals surface area (Å²) in [4.78, 5) is 8.09. The number of aromatic nitrogens is 3. The van der Waals surface area contributed by atoms with Gasteiger partial charge in [-0.25, -0.2) is 9.97 Å². The highest BCUT2D eigenvalue weighted by atomic mass is 19.4. The largest absolute Gasteiger partial charge is 0.435 e. The van der Waals surface area contributed by atoms with Gasteiger partial charge in [-0.05, 0) is 48.9 Å². The van der Waals surface area contributed by atoms with Crippen molar-refractivity contribution < 1.29 is 13.2 Å². The van der Waals surface area contributed by atoms with Crippen molar-refractivity contribution in [3.05, 3.63) is 77.6 Å². The zero-order valence-corrected chi connectivity index (χ0v) is 16.4. The summed E-state index contributed by atoms with van der Waals surface area (Å²) in [6.45, 7) is 1.86. The van der Waals surface area contributed by atoms with Gasteiger partial charge in [0.25, 0.3) is 0 Å². The number of nitriles is 1. The smallest absolute Gasteiger partial charge is 0.340 e. The normalized spacial score (nSPS) is 12.5. The Hall–Kier alpha value is -3.90. The number of pyridine rings is 2. The second kappa shape index (κ2) is 7.74. The van der Waals surface area contributed by atoms with Gasteiger partial charge in [0.2, 0.25) is 0 Å². The van der Waals surface area contributed by atoms with E-state index in [0.717, 1.165) is 5.56 Å². The predicted molar refractivity (Wildman–Crippen MR) is 110 cm³/mol. The van der Waals surface area contributed by atoms with Crippen LogP contribution in [0.15, 0.2) is 60.8 Å². The van der Waals surface area contributed by atoms with E-state index in [1.54, 1.807) is 24.3 Å². The lowest BCUT2D eigenvalue weighted by Gasteiger charge is -2.12. The maximum Gasteiger partial charge on any atom is 0.435 e. The van der Waals surface area contributed by atoms with Crippen LogP contribution in [0.4, 0.5) is 24.7 Å². The highest BCUT2D eigenvalue weighted by Crippen LogP contribution is 2.37. The zero-order valence-electron chi connectivity index (χ0n) is 16.4. The molecule has 9 heteroatoms. The van der Waals surface area contributed by atoms with E-state index in [0.29, 0.717) is 5.69 Å². The third-order valence-corrected chi connectivity index (χ3v) is 4.70.